The molecule has 2 rings (SSSR count). The predicted octanol–water partition coefficient (Wildman–Crippen LogP) is 0.883. The second-order valence-corrected chi connectivity index (χ2v) is 3.85. The van der Waals surface area contributed by atoms with Gasteiger partial charge in [0.2, 0.25) is 0 Å². The van der Waals surface area contributed by atoms with E-state index >= 15 is 0 Å². The summed E-state index contributed by atoms with van der Waals surface area (Å²) in [5.74, 6) is -0.628. The summed E-state index contributed by atoms with van der Waals surface area (Å²) in [5.41, 5.74) is 0.571. The third kappa shape index (κ3) is 2.09. The minimum Gasteiger partial charge on any atom is -0.531 e. The van der Waals surface area contributed by atoms with Gasteiger partial charge in [-0.05, 0) is 25.5 Å². The zero-order valence-electron chi connectivity index (χ0n) is 10.1. The van der Waals surface area contributed by atoms with Gasteiger partial charge in [-0.3, -0.25) is 0 Å². The maximum Gasteiger partial charge on any atom is 0.563 e. The number of hydrogen-bond donors (Lipinski definition) is 2. The van der Waals surface area contributed by atoms with Gasteiger partial charge in [-0.25, -0.2) is 4.79 Å². The summed E-state index contributed by atoms with van der Waals surface area (Å²) < 4.78 is 15.7. The van der Waals surface area contributed by atoms with Gasteiger partial charge >= 0.3 is 13.1 Å². The van der Waals surface area contributed by atoms with E-state index in [4.69, 9.17) is 14.1 Å². The number of benzene rings is 1. The van der Waals surface area contributed by atoms with Crippen LogP contribution in [0.15, 0.2) is 6.07 Å². The first-order valence-electron chi connectivity index (χ1n) is 5.55. The number of ether oxygens (including phenoxy) is 2. The molecule has 0 radical (unpaired) electrons. The maximum absolute atomic E-state index is 11.3. The molecule has 1 aromatic rings. The first-order chi connectivity index (χ1) is 8.54. The van der Waals surface area contributed by atoms with Gasteiger partial charge in [0.1, 0.15) is 17.8 Å². The quantitative estimate of drug-likeness (QED) is 0.777. The van der Waals surface area contributed by atoms with Crippen LogP contribution in [0.3, 0.4) is 0 Å². The van der Waals surface area contributed by atoms with E-state index in [0.29, 0.717) is 17.9 Å². The number of carbonyl (C=O) groups is 1. The molecule has 0 atom stereocenters. The average molecular weight is 252 g/mol. The largest absolute Gasteiger partial charge is 0.563 e. The summed E-state index contributed by atoms with van der Waals surface area (Å²) in [4.78, 5) is 11.3. The van der Waals surface area contributed by atoms with Crippen molar-refractivity contribution in [1.82, 2.24) is 0 Å². The van der Waals surface area contributed by atoms with Crippen molar-refractivity contribution < 1.29 is 29.1 Å². The second-order valence-electron chi connectivity index (χ2n) is 3.85. The monoisotopic (exact) mass is 252 g/mol. The predicted molar refractivity (Wildman–Crippen MR) is 63.4 cm³/mol. The SMILES string of the molecule is CCOc1cc(C)c2c(c1C(=O)O)OB(O)CO2. The van der Waals surface area contributed by atoms with Gasteiger partial charge in [-0.15, -0.1) is 0 Å². The molecule has 1 aliphatic rings. The fourth-order valence-corrected chi connectivity index (χ4v) is 1.83. The molecule has 0 aromatic heterocycles. The van der Waals surface area contributed by atoms with Gasteiger partial charge in [0.15, 0.2) is 11.5 Å². The second kappa shape index (κ2) is 4.77. The molecule has 0 saturated carbocycles. The first-order valence-corrected chi connectivity index (χ1v) is 5.55. The lowest BCUT2D eigenvalue weighted by atomic mass is 9.90. The van der Waals surface area contributed by atoms with Gasteiger partial charge in [0.05, 0.1) is 6.61 Å². The highest BCUT2D eigenvalue weighted by Crippen LogP contribution is 2.42. The molecule has 0 aliphatic carbocycles. The van der Waals surface area contributed by atoms with Crippen molar-refractivity contribution in [3.63, 3.8) is 0 Å². The molecular weight excluding hydrogens is 239 g/mol. The fourth-order valence-electron chi connectivity index (χ4n) is 1.83. The van der Waals surface area contributed by atoms with Crippen molar-refractivity contribution in [3.05, 3.63) is 17.2 Å². The molecule has 96 valence electrons. The lowest BCUT2D eigenvalue weighted by molar-refractivity contribution is 0.0688. The van der Waals surface area contributed by atoms with E-state index in [1.165, 1.54) is 0 Å². The van der Waals surface area contributed by atoms with Crippen molar-refractivity contribution in [3.8, 4) is 17.2 Å². The Hall–Kier alpha value is -1.89. The van der Waals surface area contributed by atoms with Gasteiger partial charge < -0.3 is 24.3 Å². The summed E-state index contributed by atoms with van der Waals surface area (Å²) in [6.45, 7) is 3.82. The highest BCUT2D eigenvalue weighted by atomic mass is 16.6. The summed E-state index contributed by atoms with van der Waals surface area (Å²) in [5, 5.41) is 18.6. The third-order valence-corrected chi connectivity index (χ3v) is 2.52. The molecule has 1 aromatic carbocycles. The Balaban J connectivity index is 2.62. The van der Waals surface area contributed by atoms with Crippen LogP contribution < -0.4 is 14.1 Å². The Morgan fingerprint density at radius 2 is 2.28 bits per heavy atom. The fraction of sp³-hybridized carbons (Fsp3) is 0.364. The molecule has 0 saturated heterocycles. The van der Waals surface area contributed by atoms with Crippen LogP contribution >= 0.6 is 0 Å². The molecule has 7 heteroatoms. The van der Waals surface area contributed by atoms with E-state index in [1.807, 2.05) is 0 Å². The number of aryl methyl sites for hydroxylation is 1. The van der Waals surface area contributed by atoms with Gasteiger partial charge in [-0.1, -0.05) is 0 Å². The third-order valence-electron chi connectivity index (χ3n) is 2.52. The lowest BCUT2D eigenvalue weighted by Gasteiger charge is -2.25. The molecule has 1 heterocycles. The molecule has 0 amide bonds. The zero-order valence-corrected chi connectivity index (χ0v) is 10.1. The van der Waals surface area contributed by atoms with Crippen molar-refractivity contribution in [2.45, 2.75) is 13.8 Å². The zero-order chi connectivity index (χ0) is 13.3. The van der Waals surface area contributed by atoms with Crippen LogP contribution in [0.25, 0.3) is 0 Å². The smallest absolute Gasteiger partial charge is 0.531 e. The van der Waals surface area contributed by atoms with Gasteiger partial charge in [0, 0.05) is 0 Å². The Morgan fingerprint density at radius 3 is 2.89 bits per heavy atom. The molecule has 0 unspecified atom stereocenters. The van der Waals surface area contributed by atoms with Crippen LogP contribution in [0, 0.1) is 6.92 Å². The average Bonchev–Trinajstić information content (AvgIpc) is 2.28. The van der Waals surface area contributed by atoms with E-state index < -0.39 is 13.1 Å². The minimum atomic E-state index is -1.19. The highest BCUT2D eigenvalue weighted by molar-refractivity contribution is 6.44. The van der Waals surface area contributed by atoms with Crippen LogP contribution in [0.5, 0.6) is 17.2 Å². The Labute approximate surface area is 104 Å². The van der Waals surface area contributed by atoms with E-state index in [-0.39, 0.29) is 23.6 Å². The van der Waals surface area contributed by atoms with Crippen molar-refractivity contribution >= 4 is 13.1 Å². The molecule has 6 nitrogen and oxygen atoms in total. The maximum atomic E-state index is 11.3. The number of hydrogen-bond acceptors (Lipinski definition) is 5. The summed E-state index contributed by atoms with van der Waals surface area (Å²) in [6, 6.07) is 1.59. The number of fused-ring (bicyclic) bond motifs is 1. The van der Waals surface area contributed by atoms with Crippen molar-refractivity contribution in [1.29, 1.82) is 0 Å². The molecule has 2 N–H and O–H groups in total. The van der Waals surface area contributed by atoms with Gasteiger partial charge in [0.25, 0.3) is 0 Å². The van der Waals surface area contributed by atoms with Crippen LogP contribution in [0.4, 0.5) is 0 Å². The number of aromatic carboxylic acids is 1. The molecule has 1 aliphatic heterocycles. The van der Waals surface area contributed by atoms with Crippen LogP contribution in [-0.4, -0.2) is 36.3 Å². The van der Waals surface area contributed by atoms with Crippen LogP contribution in [-0.2, 0) is 0 Å². The standard InChI is InChI=1S/C11H13BO6/c1-3-16-7-4-6(2)9-10(8(7)11(13)14)18-12(15)5-17-9/h4,15H,3,5H2,1-2H3,(H,13,14). The van der Waals surface area contributed by atoms with Crippen LogP contribution in [0.2, 0.25) is 0 Å². The summed E-state index contributed by atoms with van der Waals surface area (Å²) in [7, 11) is -1.17. The number of carboxylic acid groups (broad SMARTS) is 1. The highest BCUT2D eigenvalue weighted by Gasteiger charge is 2.33. The molecule has 0 fully saturated rings. The first kappa shape index (κ1) is 12.6. The van der Waals surface area contributed by atoms with Crippen molar-refractivity contribution in [2.75, 3.05) is 13.1 Å². The summed E-state index contributed by atoms with van der Waals surface area (Å²) >= 11 is 0. The normalized spacial score (nSPS) is 13.4. The Morgan fingerprint density at radius 1 is 1.56 bits per heavy atom. The van der Waals surface area contributed by atoms with E-state index in [9.17, 15) is 14.9 Å². The summed E-state index contributed by atoms with van der Waals surface area (Å²) in [6.07, 6.45) is 0. The minimum absolute atomic E-state index is 0.0182. The van der Waals surface area contributed by atoms with Crippen LogP contribution in [0.1, 0.15) is 22.8 Å². The van der Waals surface area contributed by atoms with E-state index in [1.54, 1.807) is 19.9 Å². The lowest BCUT2D eigenvalue weighted by Crippen LogP contribution is -2.35. The van der Waals surface area contributed by atoms with Crippen molar-refractivity contribution in [2.24, 2.45) is 0 Å². The molecular formula is C11H13BO6. The molecule has 0 spiro atoms. The number of carboxylic acids is 1. The van der Waals surface area contributed by atoms with E-state index in [2.05, 4.69) is 0 Å². The number of rotatable bonds is 3. The molecule has 0 bridgehead atoms. The topological polar surface area (TPSA) is 85.2 Å². The van der Waals surface area contributed by atoms with E-state index in [0.717, 1.165) is 0 Å². The van der Waals surface area contributed by atoms with Gasteiger partial charge in [-0.2, -0.15) is 0 Å². The Kier molecular flexibility index (Phi) is 3.33. The molecule has 18 heavy (non-hydrogen) atoms. The Bertz CT molecular complexity index is 487.